The Balaban J connectivity index is 2.15. The molecule has 0 amide bonds. The van der Waals surface area contributed by atoms with E-state index in [0.29, 0.717) is 27.5 Å². The van der Waals surface area contributed by atoms with Gasteiger partial charge in [0.25, 0.3) is 0 Å². The van der Waals surface area contributed by atoms with E-state index in [2.05, 4.69) is 35.4 Å². The summed E-state index contributed by atoms with van der Waals surface area (Å²) in [4.78, 5) is 4.31. The highest BCUT2D eigenvalue weighted by Gasteiger charge is 2.16. The van der Waals surface area contributed by atoms with Crippen molar-refractivity contribution in [3.63, 3.8) is 0 Å². The average Bonchev–Trinajstić information content (AvgIpc) is 2.60. The van der Waals surface area contributed by atoms with Crippen LogP contribution in [0.3, 0.4) is 0 Å². The van der Waals surface area contributed by atoms with Gasteiger partial charge in [0.2, 0.25) is 0 Å². The van der Waals surface area contributed by atoms with Crippen molar-refractivity contribution >= 4 is 33.9 Å². The van der Waals surface area contributed by atoms with Crippen LogP contribution in [-0.2, 0) is 0 Å². The van der Waals surface area contributed by atoms with Crippen molar-refractivity contribution in [3.05, 3.63) is 64.8 Å². The van der Waals surface area contributed by atoms with Gasteiger partial charge in [-0.15, -0.1) is 0 Å². The monoisotopic (exact) mass is 336 g/mol. The summed E-state index contributed by atoms with van der Waals surface area (Å²) in [6, 6.07) is 15.9. The molecule has 0 saturated carbocycles. The number of benzene rings is 2. The van der Waals surface area contributed by atoms with Crippen molar-refractivity contribution in [2.45, 2.75) is 19.4 Å². The minimum Gasteiger partial charge on any atom is -0.399 e. The van der Waals surface area contributed by atoms with Crippen molar-refractivity contribution in [1.82, 2.24) is 4.98 Å². The highest BCUT2D eigenvalue weighted by molar-refractivity contribution is 6.35. The lowest BCUT2D eigenvalue weighted by atomic mass is 10.0. The first kappa shape index (κ1) is 16.1. The van der Waals surface area contributed by atoms with Crippen molar-refractivity contribution in [1.29, 1.82) is 5.26 Å². The van der Waals surface area contributed by atoms with E-state index in [1.807, 2.05) is 18.2 Å². The highest BCUT2D eigenvalue weighted by Crippen LogP contribution is 2.34. The van der Waals surface area contributed by atoms with Gasteiger partial charge in [0.05, 0.1) is 27.8 Å². The number of halogens is 1. The molecule has 0 radical (unpaired) electrons. The molecule has 0 spiro atoms. The number of hydrogen-bond donors (Lipinski definition) is 2. The summed E-state index contributed by atoms with van der Waals surface area (Å²) in [5.41, 5.74) is 9.46. The van der Waals surface area contributed by atoms with Gasteiger partial charge in [0.1, 0.15) is 6.07 Å². The summed E-state index contributed by atoms with van der Waals surface area (Å²) in [6.45, 7) is 2.10. The topological polar surface area (TPSA) is 74.7 Å². The maximum Gasteiger partial charge on any atom is 0.103 e. The number of fused-ring (bicyclic) bond motifs is 1. The number of anilines is 2. The Labute approximate surface area is 145 Å². The number of pyridine rings is 1. The van der Waals surface area contributed by atoms with Crippen molar-refractivity contribution in [2.24, 2.45) is 0 Å². The van der Waals surface area contributed by atoms with Gasteiger partial charge in [-0.3, -0.25) is 4.98 Å². The molecule has 0 aliphatic carbocycles. The first-order chi connectivity index (χ1) is 11.6. The molecule has 5 heteroatoms. The fraction of sp³-hybridized carbons (Fsp3) is 0.158. The van der Waals surface area contributed by atoms with Gasteiger partial charge in [0.15, 0.2) is 0 Å². The Kier molecular flexibility index (Phi) is 4.54. The SMILES string of the molecule is CCC(Nc1c(C#N)cnc2c(Cl)cc(N)cc12)c1ccccc1. The minimum atomic E-state index is 0.0732. The summed E-state index contributed by atoms with van der Waals surface area (Å²) in [7, 11) is 0. The standard InChI is InChI=1S/C19H17ClN4/c1-2-17(12-6-4-3-5-7-12)24-18-13(10-21)11-23-19-15(18)8-14(22)9-16(19)20/h3-9,11,17H,2,22H2,1H3,(H,23,24). The second-order valence-corrected chi connectivity index (χ2v) is 5.98. The van der Waals surface area contributed by atoms with Crippen LogP contribution in [-0.4, -0.2) is 4.98 Å². The van der Waals surface area contributed by atoms with Crippen molar-refractivity contribution in [2.75, 3.05) is 11.1 Å². The van der Waals surface area contributed by atoms with E-state index in [1.165, 1.54) is 0 Å². The second kappa shape index (κ2) is 6.77. The first-order valence-corrected chi connectivity index (χ1v) is 8.11. The number of rotatable bonds is 4. The molecule has 1 unspecified atom stereocenters. The Morgan fingerprint density at radius 1 is 1.29 bits per heavy atom. The highest BCUT2D eigenvalue weighted by atomic mass is 35.5. The maximum atomic E-state index is 9.48. The molecule has 4 nitrogen and oxygen atoms in total. The van der Waals surface area contributed by atoms with E-state index in [0.717, 1.165) is 17.4 Å². The lowest BCUT2D eigenvalue weighted by Crippen LogP contribution is -2.11. The maximum absolute atomic E-state index is 9.48. The molecular weight excluding hydrogens is 320 g/mol. The van der Waals surface area contributed by atoms with Gasteiger partial charge in [-0.1, -0.05) is 48.9 Å². The van der Waals surface area contributed by atoms with Crippen LogP contribution in [0.15, 0.2) is 48.7 Å². The lowest BCUT2D eigenvalue weighted by Gasteiger charge is -2.21. The first-order valence-electron chi connectivity index (χ1n) is 7.73. The van der Waals surface area contributed by atoms with Gasteiger partial charge in [-0.05, 0) is 24.1 Å². The van der Waals surface area contributed by atoms with Crippen molar-refractivity contribution < 1.29 is 0 Å². The molecule has 0 saturated heterocycles. The molecule has 0 aliphatic rings. The molecule has 3 aromatic rings. The quantitative estimate of drug-likeness (QED) is 0.664. The molecule has 1 atom stereocenters. The van der Waals surface area contributed by atoms with Crippen LogP contribution >= 0.6 is 11.6 Å². The van der Waals surface area contributed by atoms with Crippen LogP contribution in [0.5, 0.6) is 0 Å². The molecule has 0 fully saturated rings. The molecule has 120 valence electrons. The third-order valence-corrected chi connectivity index (χ3v) is 4.28. The zero-order valence-corrected chi connectivity index (χ0v) is 14.0. The predicted molar refractivity (Wildman–Crippen MR) is 99.0 cm³/mol. The van der Waals surface area contributed by atoms with Crippen LogP contribution in [0.2, 0.25) is 5.02 Å². The van der Waals surface area contributed by atoms with Crippen LogP contribution in [0.4, 0.5) is 11.4 Å². The van der Waals surface area contributed by atoms with E-state index in [-0.39, 0.29) is 6.04 Å². The summed E-state index contributed by atoms with van der Waals surface area (Å²) in [5, 5.41) is 14.2. The summed E-state index contributed by atoms with van der Waals surface area (Å²) in [5.74, 6) is 0. The van der Waals surface area contributed by atoms with Gasteiger partial charge in [-0.2, -0.15) is 5.26 Å². The van der Waals surface area contributed by atoms with Gasteiger partial charge >= 0.3 is 0 Å². The van der Waals surface area contributed by atoms with E-state index >= 15 is 0 Å². The fourth-order valence-electron chi connectivity index (χ4n) is 2.80. The third-order valence-electron chi connectivity index (χ3n) is 4.00. The normalized spacial score (nSPS) is 11.9. The van der Waals surface area contributed by atoms with E-state index < -0.39 is 0 Å². The number of aromatic nitrogens is 1. The average molecular weight is 337 g/mol. The Morgan fingerprint density at radius 3 is 2.71 bits per heavy atom. The van der Waals surface area contributed by atoms with Crippen LogP contribution in [0, 0.1) is 11.3 Å². The summed E-state index contributed by atoms with van der Waals surface area (Å²) < 4.78 is 0. The van der Waals surface area contributed by atoms with Gasteiger partial charge < -0.3 is 11.1 Å². The number of nitrogens with two attached hydrogens (primary N) is 1. The van der Waals surface area contributed by atoms with E-state index in [4.69, 9.17) is 17.3 Å². The number of nitrogen functional groups attached to an aromatic ring is 1. The van der Waals surface area contributed by atoms with E-state index in [9.17, 15) is 5.26 Å². The van der Waals surface area contributed by atoms with Crippen LogP contribution in [0.1, 0.15) is 30.5 Å². The number of nitrogens with one attached hydrogen (secondary N) is 1. The molecule has 24 heavy (non-hydrogen) atoms. The Hall–Kier alpha value is -2.77. The molecule has 0 bridgehead atoms. The van der Waals surface area contributed by atoms with Crippen LogP contribution in [0.25, 0.3) is 10.9 Å². The summed E-state index contributed by atoms with van der Waals surface area (Å²) in [6.07, 6.45) is 2.42. The zero-order valence-electron chi connectivity index (χ0n) is 13.3. The number of nitriles is 1. The molecule has 3 N–H and O–H groups in total. The molecule has 2 aromatic carbocycles. The predicted octanol–water partition coefficient (Wildman–Crippen LogP) is 4.91. The molecule has 1 aromatic heterocycles. The molecular formula is C19H17ClN4. The fourth-order valence-corrected chi connectivity index (χ4v) is 3.08. The molecule has 3 rings (SSSR count). The lowest BCUT2D eigenvalue weighted by molar-refractivity contribution is 0.750. The molecule has 0 aliphatic heterocycles. The zero-order chi connectivity index (χ0) is 17.1. The van der Waals surface area contributed by atoms with E-state index in [1.54, 1.807) is 18.3 Å². The molecule has 1 heterocycles. The third kappa shape index (κ3) is 2.99. The largest absolute Gasteiger partial charge is 0.399 e. The van der Waals surface area contributed by atoms with Crippen molar-refractivity contribution in [3.8, 4) is 6.07 Å². The smallest absolute Gasteiger partial charge is 0.103 e. The Bertz CT molecular complexity index is 916. The van der Waals surface area contributed by atoms with Gasteiger partial charge in [0, 0.05) is 17.3 Å². The minimum absolute atomic E-state index is 0.0732. The second-order valence-electron chi connectivity index (χ2n) is 5.57. The Morgan fingerprint density at radius 2 is 2.04 bits per heavy atom. The van der Waals surface area contributed by atoms with Crippen LogP contribution < -0.4 is 11.1 Å². The number of nitrogens with zero attached hydrogens (tertiary/aromatic N) is 2. The number of hydrogen-bond acceptors (Lipinski definition) is 4. The summed E-state index contributed by atoms with van der Waals surface area (Å²) >= 11 is 6.26. The van der Waals surface area contributed by atoms with Gasteiger partial charge in [-0.25, -0.2) is 0 Å².